The Kier molecular flexibility index (Phi) is 2.58. The van der Waals surface area contributed by atoms with E-state index in [0.29, 0.717) is 12.5 Å². The molecule has 4 nitrogen and oxygen atoms in total. The first kappa shape index (κ1) is 9.58. The lowest BCUT2D eigenvalue weighted by Gasteiger charge is -2.01. The summed E-state index contributed by atoms with van der Waals surface area (Å²) in [4.78, 5) is 11.6. The Bertz CT molecular complexity index is 485. The molecule has 0 spiro atoms. The number of nitrogens with one attached hydrogen (secondary N) is 1. The third-order valence-corrected chi connectivity index (χ3v) is 2.01. The van der Waals surface area contributed by atoms with Crippen LogP contribution in [-0.2, 0) is 0 Å². The topological polar surface area (TPSA) is 47.0 Å². The summed E-state index contributed by atoms with van der Waals surface area (Å²) in [7, 11) is 0. The molecule has 0 aliphatic rings. The fourth-order valence-electron chi connectivity index (χ4n) is 1.37. The lowest BCUT2D eigenvalue weighted by molar-refractivity contribution is 0.324. The average Bonchev–Trinajstić information content (AvgIpc) is 2.61. The highest BCUT2D eigenvalue weighted by Gasteiger charge is 2.04. The van der Waals surface area contributed by atoms with Crippen molar-refractivity contribution >= 4 is 0 Å². The summed E-state index contributed by atoms with van der Waals surface area (Å²) in [5.41, 5.74) is 0.679. The van der Waals surface area contributed by atoms with E-state index >= 15 is 0 Å². The predicted octanol–water partition coefficient (Wildman–Crippen LogP) is 1.56. The van der Waals surface area contributed by atoms with Gasteiger partial charge in [-0.3, -0.25) is 9.89 Å². The van der Waals surface area contributed by atoms with Gasteiger partial charge in [0.05, 0.1) is 18.4 Å². The monoisotopic (exact) mass is 204 g/mol. The molecule has 0 aliphatic heterocycles. The van der Waals surface area contributed by atoms with Crippen molar-refractivity contribution in [3.63, 3.8) is 0 Å². The molecule has 0 fully saturated rings. The van der Waals surface area contributed by atoms with Gasteiger partial charge in [-0.1, -0.05) is 18.2 Å². The highest BCUT2D eigenvalue weighted by atomic mass is 16.5. The average molecular weight is 204 g/mol. The zero-order valence-corrected chi connectivity index (χ0v) is 8.43. The van der Waals surface area contributed by atoms with Crippen molar-refractivity contribution in [2.75, 3.05) is 6.61 Å². The molecule has 15 heavy (non-hydrogen) atoms. The molecule has 0 atom stereocenters. The van der Waals surface area contributed by atoms with E-state index in [1.54, 1.807) is 0 Å². The molecule has 0 saturated carbocycles. The molecule has 1 aromatic heterocycles. The van der Waals surface area contributed by atoms with Crippen molar-refractivity contribution in [3.8, 4) is 11.6 Å². The van der Waals surface area contributed by atoms with Gasteiger partial charge < -0.3 is 4.74 Å². The lowest BCUT2D eigenvalue weighted by Crippen LogP contribution is -2.12. The Morgan fingerprint density at radius 1 is 1.33 bits per heavy atom. The van der Waals surface area contributed by atoms with Crippen molar-refractivity contribution in [1.29, 1.82) is 0 Å². The molecule has 2 aromatic rings. The van der Waals surface area contributed by atoms with E-state index in [0.717, 1.165) is 5.69 Å². The Hall–Kier alpha value is -1.97. The van der Waals surface area contributed by atoms with Gasteiger partial charge in [0.15, 0.2) is 0 Å². The number of aromatic amines is 1. The summed E-state index contributed by atoms with van der Waals surface area (Å²) in [5, 5.41) is 2.88. The molecular weight excluding hydrogens is 192 g/mol. The molecule has 4 heteroatoms. The van der Waals surface area contributed by atoms with E-state index in [2.05, 4.69) is 5.10 Å². The second-order valence-corrected chi connectivity index (χ2v) is 3.06. The van der Waals surface area contributed by atoms with Gasteiger partial charge in [0.1, 0.15) is 0 Å². The molecule has 0 radical (unpaired) electrons. The van der Waals surface area contributed by atoms with Crippen LogP contribution in [-0.4, -0.2) is 16.4 Å². The van der Waals surface area contributed by atoms with E-state index in [4.69, 9.17) is 4.74 Å². The SMILES string of the molecule is CCOc1cc(=O)n(-c2ccccc2)[nH]1. The number of ether oxygens (including phenoxy) is 1. The third-order valence-electron chi connectivity index (χ3n) is 2.01. The van der Waals surface area contributed by atoms with Crippen LogP contribution < -0.4 is 10.3 Å². The van der Waals surface area contributed by atoms with Crippen molar-refractivity contribution in [3.05, 3.63) is 46.8 Å². The van der Waals surface area contributed by atoms with Crippen LogP contribution in [0, 0.1) is 0 Å². The Morgan fingerprint density at radius 2 is 2.07 bits per heavy atom. The van der Waals surface area contributed by atoms with E-state index in [-0.39, 0.29) is 5.56 Å². The molecule has 78 valence electrons. The number of para-hydroxylation sites is 1. The number of nitrogens with zero attached hydrogens (tertiary/aromatic N) is 1. The van der Waals surface area contributed by atoms with Gasteiger partial charge in [-0.05, 0) is 19.1 Å². The first-order chi connectivity index (χ1) is 7.31. The zero-order valence-electron chi connectivity index (χ0n) is 8.43. The van der Waals surface area contributed by atoms with Crippen LogP contribution in [0.4, 0.5) is 0 Å². The number of aromatic nitrogens is 2. The number of hydrogen-bond donors (Lipinski definition) is 1. The van der Waals surface area contributed by atoms with Crippen molar-refractivity contribution < 1.29 is 4.74 Å². The fourth-order valence-corrected chi connectivity index (χ4v) is 1.37. The first-order valence-electron chi connectivity index (χ1n) is 4.81. The quantitative estimate of drug-likeness (QED) is 0.824. The van der Waals surface area contributed by atoms with Gasteiger partial charge in [-0.25, -0.2) is 4.68 Å². The molecule has 0 aliphatic carbocycles. The molecule has 1 heterocycles. The van der Waals surface area contributed by atoms with E-state index in [9.17, 15) is 4.79 Å². The Labute approximate surface area is 87.1 Å². The van der Waals surface area contributed by atoms with Crippen LogP contribution >= 0.6 is 0 Å². The molecule has 1 aromatic carbocycles. The van der Waals surface area contributed by atoms with Crippen LogP contribution in [0.15, 0.2) is 41.2 Å². The summed E-state index contributed by atoms with van der Waals surface area (Å²) in [5.74, 6) is 0.492. The van der Waals surface area contributed by atoms with Crippen LogP contribution in [0.1, 0.15) is 6.92 Å². The van der Waals surface area contributed by atoms with Crippen LogP contribution in [0.3, 0.4) is 0 Å². The van der Waals surface area contributed by atoms with E-state index in [1.165, 1.54) is 10.7 Å². The second kappa shape index (κ2) is 4.04. The maximum atomic E-state index is 11.6. The molecule has 1 N–H and O–H groups in total. The minimum Gasteiger partial charge on any atom is -0.478 e. The van der Waals surface area contributed by atoms with E-state index in [1.807, 2.05) is 37.3 Å². The van der Waals surface area contributed by atoms with Crippen molar-refractivity contribution in [2.45, 2.75) is 6.92 Å². The van der Waals surface area contributed by atoms with Gasteiger partial charge in [0.2, 0.25) is 5.88 Å². The first-order valence-corrected chi connectivity index (χ1v) is 4.81. The molecule has 0 unspecified atom stereocenters. The predicted molar refractivity (Wildman–Crippen MR) is 57.6 cm³/mol. The van der Waals surface area contributed by atoms with Crippen LogP contribution in [0.2, 0.25) is 0 Å². The third kappa shape index (κ3) is 1.93. The maximum Gasteiger partial charge on any atom is 0.275 e. The second-order valence-electron chi connectivity index (χ2n) is 3.06. The fraction of sp³-hybridized carbons (Fsp3) is 0.182. The van der Waals surface area contributed by atoms with Gasteiger partial charge in [-0.15, -0.1) is 0 Å². The molecule has 0 bridgehead atoms. The smallest absolute Gasteiger partial charge is 0.275 e. The number of benzene rings is 1. The summed E-state index contributed by atoms with van der Waals surface area (Å²) in [6, 6.07) is 10.8. The van der Waals surface area contributed by atoms with Gasteiger partial charge in [0, 0.05) is 0 Å². The van der Waals surface area contributed by atoms with Gasteiger partial charge in [-0.2, -0.15) is 0 Å². The Morgan fingerprint density at radius 3 is 2.73 bits per heavy atom. The zero-order chi connectivity index (χ0) is 10.7. The summed E-state index contributed by atoms with van der Waals surface area (Å²) >= 11 is 0. The standard InChI is InChI=1S/C11H12N2O2/c1-2-15-10-8-11(14)13(12-10)9-6-4-3-5-7-9/h3-8,12H,2H2,1H3. The highest BCUT2D eigenvalue weighted by Crippen LogP contribution is 2.07. The number of H-pyrrole nitrogens is 1. The minimum absolute atomic E-state index is 0.121. The van der Waals surface area contributed by atoms with E-state index < -0.39 is 0 Å². The summed E-state index contributed by atoms with van der Waals surface area (Å²) in [6.45, 7) is 2.41. The lowest BCUT2D eigenvalue weighted by atomic mass is 10.3. The van der Waals surface area contributed by atoms with Crippen LogP contribution in [0.25, 0.3) is 5.69 Å². The number of rotatable bonds is 3. The highest BCUT2D eigenvalue weighted by molar-refractivity contribution is 5.31. The molecular formula is C11H12N2O2. The number of hydrogen-bond acceptors (Lipinski definition) is 2. The van der Waals surface area contributed by atoms with Crippen LogP contribution in [0.5, 0.6) is 5.88 Å². The Balaban J connectivity index is 2.41. The molecule has 0 amide bonds. The van der Waals surface area contributed by atoms with Crippen molar-refractivity contribution in [1.82, 2.24) is 9.78 Å². The largest absolute Gasteiger partial charge is 0.478 e. The van der Waals surface area contributed by atoms with Gasteiger partial charge >= 0.3 is 0 Å². The van der Waals surface area contributed by atoms with Crippen molar-refractivity contribution in [2.24, 2.45) is 0 Å². The molecule has 0 saturated heterocycles. The van der Waals surface area contributed by atoms with Gasteiger partial charge in [0.25, 0.3) is 5.56 Å². The summed E-state index contributed by atoms with van der Waals surface area (Å²) in [6.07, 6.45) is 0. The maximum absolute atomic E-state index is 11.6. The normalized spacial score (nSPS) is 10.2. The molecule has 2 rings (SSSR count). The minimum atomic E-state index is -0.121. The summed E-state index contributed by atoms with van der Waals surface area (Å²) < 4.78 is 6.66.